The molecule has 0 aliphatic heterocycles. The number of para-hydroxylation sites is 1. The van der Waals surface area contributed by atoms with E-state index in [-0.39, 0.29) is 5.63 Å². The molecule has 15 heavy (non-hydrogen) atoms. The van der Waals surface area contributed by atoms with Gasteiger partial charge in [0.2, 0.25) is 5.69 Å². The van der Waals surface area contributed by atoms with E-state index in [1.165, 1.54) is 0 Å². The van der Waals surface area contributed by atoms with E-state index in [4.69, 9.17) is 4.52 Å². The second-order valence-corrected chi connectivity index (χ2v) is 4.11. The van der Waals surface area contributed by atoms with Crippen molar-refractivity contribution in [3.8, 4) is 5.69 Å². The number of hydrogen-bond donors (Lipinski definition) is 1. The predicted octanol–water partition coefficient (Wildman–Crippen LogP) is 1.41. The number of rotatable bonds is 2. The molecule has 0 saturated heterocycles. The van der Waals surface area contributed by atoms with E-state index >= 15 is 0 Å². The van der Waals surface area contributed by atoms with Gasteiger partial charge in [0, 0.05) is 34.2 Å². The van der Waals surface area contributed by atoms with Crippen LogP contribution >= 0.6 is 22.6 Å². The van der Waals surface area contributed by atoms with Crippen LogP contribution in [-0.2, 0) is 6.42 Å². The molecule has 0 atom stereocenters. The molecule has 0 fully saturated rings. The summed E-state index contributed by atoms with van der Waals surface area (Å²) in [5.74, 6) is 0. The first-order valence-corrected chi connectivity index (χ1v) is 5.69. The fourth-order valence-corrected chi connectivity index (χ4v) is 1.91. The number of benzene rings is 1. The van der Waals surface area contributed by atoms with Gasteiger partial charge in [0.15, 0.2) is 0 Å². The molecule has 5 heteroatoms. The molecule has 0 unspecified atom stereocenters. The molecule has 0 bridgehead atoms. The topological polar surface area (TPSA) is 49.9 Å². The smallest absolute Gasteiger partial charge is 0.282 e. The van der Waals surface area contributed by atoms with E-state index in [0.717, 1.165) is 17.7 Å². The highest BCUT2D eigenvalue weighted by Gasteiger charge is 2.21. The molecule has 2 aromatic rings. The number of nitrogens with one attached hydrogen (secondary N) is 1. The van der Waals surface area contributed by atoms with Crippen molar-refractivity contribution in [1.82, 2.24) is 5.27 Å². The number of hydrogen-bond acceptors (Lipinski definition) is 2. The summed E-state index contributed by atoms with van der Waals surface area (Å²) in [5, 5.41) is 2.59. The molecule has 0 saturated carbocycles. The lowest BCUT2D eigenvalue weighted by atomic mass is 10.1. The molecule has 1 aromatic heterocycles. The van der Waals surface area contributed by atoms with Gasteiger partial charge in [0.1, 0.15) is 0 Å². The minimum Gasteiger partial charge on any atom is -0.282 e. The maximum absolute atomic E-state index is 11.2. The fourth-order valence-electron chi connectivity index (χ4n) is 1.44. The lowest BCUT2D eigenvalue weighted by Gasteiger charge is -1.97. The van der Waals surface area contributed by atoms with Crippen molar-refractivity contribution in [1.29, 1.82) is 0 Å². The second-order valence-electron chi connectivity index (χ2n) is 3.09. The molecule has 0 aliphatic carbocycles. The standard InChI is InChI=1S/C10H9IN2O2/c1-2-7-5-3-4-6-8(7)13-9(11)10(14)15-12-13/h3-6H,2H2,1H3/p+1. The molecule has 1 heterocycles. The fraction of sp³-hybridized carbons (Fsp3) is 0.200. The zero-order chi connectivity index (χ0) is 10.8. The van der Waals surface area contributed by atoms with E-state index in [0.29, 0.717) is 3.70 Å². The van der Waals surface area contributed by atoms with Crippen LogP contribution in [0.2, 0.25) is 0 Å². The second kappa shape index (κ2) is 4.18. The van der Waals surface area contributed by atoms with Crippen LogP contribution in [0.1, 0.15) is 12.5 Å². The molecule has 4 nitrogen and oxygen atoms in total. The highest BCUT2D eigenvalue weighted by Crippen LogP contribution is 2.09. The average molecular weight is 317 g/mol. The molecular formula is C10H10IN2O2+. The van der Waals surface area contributed by atoms with Crippen LogP contribution < -0.4 is 10.3 Å². The van der Waals surface area contributed by atoms with Gasteiger partial charge in [-0.2, -0.15) is 0 Å². The number of aromatic amines is 1. The van der Waals surface area contributed by atoms with E-state index in [9.17, 15) is 4.79 Å². The summed E-state index contributed by atoms with van der Waals surface area (Å²) >= 11 is 1.96. The number of nitrogens with zero attached hydrogens (tertiary/aromatic N) is 1. The molecule has 0 amide bonds. The van der Waals surface area contributed by atoms with Crippen molar-refractivity contribution >= 4 is 22.6 Å². The normalized spacial score (nSPS) is 10.5. The molecule has 78 valence electrons. The van der Waals surface area contributed by atoms with E-state index in [1.54, 1.807) is 4.68 Å². The Morgan fingerprint density at radius 1 is 1.47 bits per heavy atom. The maximum atomic E-state index is 11.2. The Morgan fingerprint density at radius 3 is 2.80 bits per heavy atom. The van der Waals surface area contributed by atoms with Crippen LogP contribution in [0.5, 0.6) is 0 Å². The molecule has 2 rings (SSSR count). The van der Waals surface area contributed by atoms with Crippen LogP contribution in [0.3, 0.4) is 0 Å². The first-order valence-electron chi connectivity index (χ1n) is 4.61. The van der Waals surface area contributed by atoms with E-state index < -0.39 is 0 Å². The maximum Gasteiger partial charge on any atom is 0.441 e. The minimum atomic E-state index is -0.346. The molecule has 0 aliphatic rings. The van der Waals surface area contributed by atoms with Gasteiger partial charge in [-0.25, -0.2) is 4.79 Å². The van der Waals surface area contributed by atoms with Gasteiger partial charge in [-0.1, -0.05) is 25.1 Å². The molecule has 1 aromatic carbocycles. The van der Waals surface area contributed by atoms with Gasteiger partial charge in [-0.3, -0.25) is 4.52 Å². The van der Waals surface area contributed by atoms with E-state index in [1.807, 2.05) is 46.9 Å². The molecule has 0 spiro atoms. The Labute approximate surface area is 100 Å². The van der Waals surface area contributed by atoms with Crippen LogP contribution in [0.4, 0.5) is 0 Å². The summed E-state index contributed by atoms with van der Waals surface area (Å²) in [7, 11) is 0. The number of aryl methyl sites for hydroxylation is 1. The number of aromatic nitrogens is 2. The van der Waals surface area contributed by atoms with Crippen molar-refractivity contribution in [3.63, 3.8) is 0 Å². The largest absolute Gasteiger partial charge is 0.441 e. The predicted molar refractivity (Wildman–Crippen MR) is 63.0 cm³/mol. The summed E-state index contributed by atoms with van der Waals surface area (Å²) in [6, 6.07) is 7.90. The van der Waals surface area contributed by atoms with Gasteiger partial charge in [-0.05, 0) is 16.4 Å². The van der Waals surface area contributed by atoms with Gasteiger partial charge >= 0.3 is 9.33 Å². The van der Waals surface area contributed by atoms with Crippen molar-refractivity contribution < 1.29 is 9.20 Å². The van der Waals surface area contributed by atoms with Crippen molar-refractivity contribution in [2.24, 2.45) is 0 Å². The van der Waals surface area contributed by atoms with Crippen molar-refractivity contribution in [2.75, 3.05) is 0 Å². The van der Waals surface area contributed by atoms with Crippen LogP contribution in [0, 0.1) is 3.70 Å². The first-order chi connectivity index (χ1) is 7.24. The Bertz CT molecular complexity index is 530. The van der Waals surface area contributed by atoms with Gasteiger partial charge < -0.3 is 0 Å². The van der Waals surface area contributed by atoms with Crippen molar-refractivity contribution in [3.05, 3.63) is 43.9 Å². The molecule has 0 radical (unpaired) electrons. The van der Waals surface area contributed by atoms with Crippen molar-refractivity contribution in [2.45, 2.75) is 13.3 Å². The van der Waals surface area contributed by atoms with Gasteiger partial charge in [0.25, 0.3) is 0 Å². The van der Waals surface area contributed by atoms with E-state index in [2.05, 4.69) is 12.2 Å². The SMILES string of the molecule is CCc1ccccc1-[n+]1[nH]oc(=O)c1I. The summed E-state index contributed by atoms with van der Waals surface area (Å²) in [5.41, 5.74) is 1.77. The third-order valence-corrected chi connectivity index (χ3v) is 3.13. The van der Waals surface area contributed by atoms with Gasteiger partial charge in [-0.15, -0.1) is 0 Å². The highest BCUT2D eigenvalue weighted by molar-refractivity contribution is 14.1. The third-order valence-electron chi connectivity index (χ3n) is 2.21. The Balaban J connectivity index is 2.63. The molecule has 1 N–H and O–H groups in total. The number of H-pyrrole nitrogens is 1. The monoisotopic (exact) mass is 317 g/mol. The zero-order valence-electron chi connectivity index (χ0n) is 8.16. The Hall–Kier alpha value is -1.11. The van der Waals surface area contributed by atoms with Crippen LogP contribution in [0.15, 0.2) is 33.6 Å². The number of halogens is 1. The quantitative estimate of drug-likeness (QED) is 0.673. The summed E-state index contributed by atoms with van der Waals surface area (Å²) in [6.45, 7) is 2.07. The summed E-state index contributed by atoms with van der Waals surface area (Å²) in [6.07, 6.45) is 0.909. The summed E-state index contributed by atoms with van der Waals surface area (Å²) < 4.78 is 6.90. The average Bonchev–Trinajstić information content (AvgIpc) is 2.60. The lowest BCUT2D eigenvalue weighted by Crippen LogP contribution is -2.38. The van der Waals surface area contributed by atoms with Crippen LogP contribution in [0.25, 0.3) is 5.69 Å². The van der Waals surface area contributed by atoms with Crippen LogP contribution in [-0.4, -0.2) is 5.27 Å². The Morgan fingerprint density at radius 2 is 2.20 bits per heavy atom. The summed E-state index contributed by atoms with van der Waals surface area (Å²) in [4.78, 5) is 11.2. The third kappa shape index (κ3) is 1.83. The zero-order valence-corrected chi connectivity index (χ0v) is 10.3. The molecular weight excluding hydrogens is 307 g/mol. The Kier molecular flexibility index (Phi) is 2.90. The minimum absolute atomic E-state index is 0.346. The first kappa shape index (κ1) is 10.4. The van der Waals surface area contributed by atoms with Gasteiger partial charge in [0.05, 0.1) is 0 Å². The lowest BCUT2D eigenvalue weighted by molar-refractivity contribution is -0.682. The highest BCUT2D eigenvalue weighted by atomic mass is 127.